The van der Waals surface area contributed by atoms with Crippen LogP contribution in [0.5, 0.6) is 0 Å². The molecule has 0 aliphatic heterocycles. The second kappa shape index (κ2) is 46.7. The summed E-state index contributed by atoms with van der Waals surface area (Å²) in [7, 11) is 0. The fourth-order valence-corrected chi connectivity index (χ4v) is 5.64. The van der Waals surface area contributed by atoms with Crippen LogP contribution in [0.4, 0.5) is 0 Å². The average molecular weight is 787 g/mol. The number of ether oxygens (including phenoxy) is 2. The van der Waals surface area contributed by atoms with Gasteiger partial charge in [0, 0.05) is 12.8 Å². The molecule has 320 valence electrons. The van der Waals surface area contributed by atoms with E-state index in [1.54, 1.807) is 0 Å². The molecular weight excluding hydrogens is 705 g/mol. The summed E-state index contributed by atoms with van der Waals surface area (Å²) < 4.78 is 10.5. The van der Waals surface area contributed by atoms with Gasteiger partial charge < -0.3 is 14.6 Å². The molecule has 0 saturated carbocycles. The Bertz CT molecular complexity index is 1210. The molecule has 0 aromatic rings. The molecule has 1 atom stereocenters. The van der Waals surface area contributed by atoms with E-state index in [0.717, 1.165) is 109 Å². The van der Waals surface area contributed by atoms with Crippen LogP contribution in [0.2, 0.25) is 0 Å². The molecule has 0 aliphatic carbocycles. The number of aliphatic hydroxyl groups is 1. The molecule has 1 N–H and O–H groups in total. The maximum Gasteiger partial charge on any atom is 0.306 e. The van der Waals surface area contributed by atoms with Crippen molar-refractivity contribution in [2.45, 2.75) is 180 Å². The first-order valence-electron chi connectivity index (χ1n) is 22.6. The molecule has 5 nitrogen and oxygen atoms in total. The van der Waals surface area contributed by atoms with Gasteiger partial charge in [0.25, 0.3) is 0 Å². The Balaban J connectivity index is 3.64. The molecule has 0 amide bonds. The lowest BCUT2D eigenvalue weighted by Gasteiger charge is -2.15. The molecule has 0 radical (unpaired) electrons. The highest BCUT2D eigenvalue weighted by molar-refractivity contribution is 5.70. The average Bonchev–Trinajstić information content (AvgIpc) is 3.21. The molecule has 0 saturated heterocycles. The zero-order valence-corrected chi connectivity index (χ0v) is 36.3. The van der Waals surface area contributed by atoms with E-state index in [1.807, 2.05) is 0 Å². The summed E-state index contributed by atoms with van der Waals surface area (Å²) in [5.41, 5.74) is 0. The first-order chi connectivity index (χ1) is 28.1. The molecule has 0 spiro atoms. The van der Waals surface area contributed by atoms with Crippen molar-refractivity contribution < 1.29 is 24.2 Å². The van der Waals surface area contributed by atoms with Crippen LogP contribution in [-0.4, -0.2) is 36.4 Å². The number of rotatable bonds is 39. The second-order valence-corrected chi connectivity index (χ2v) is 14.4. The van der Waals surface area contributed by atoms with Gasteiger partial charge in [0.05, 0.1) is 6.61 Å². The number of esters is 2. The van der Waals surface area contributed by atoms with E-state index in [-0.39, 0.29) is 25.2 Å². The molecule has 0 aromatic heterocycles. The van der Waals surface area contributed by atoms with Crippen LogP contribution in [0.3, 0.4) is 0 Å². The molecule has 1 unspecified atom stereocenters. The Kier molecular flexibility index (Phi) is 43.7. The molecule has 0 bridgehead atoms. The number of unbranched alkanes of at least 4 members (excludes halogenated alkanes) is 11. The first kappa shape index (κ1) is 53.3. The van der Waals surface area contributed by atoms with Gasteiger partial charge in [0.1, 0.15) is 6.61 Å². The third kappa shape index (κ3) is 44.9. The number of aliphatic hydroxyl groups excluding tert-OH is 1. The van der Waals surface area contributed by atoms with Gasteiger partial charge in [-0.25, -0.2) is 0 Å². The number of carbonyl (C=O) groups is 2. The maximum atomic E-state index is 12.1. The molecule has 0 heterocycles. The summed E-state index contributed by atoms with van der Waals surface area (Å²) in [6.07, 6.45) is 68.8. The summed E-state index contributed by atoms with van der Waals surface area (Å²) >= 11 is 0. The van der Waals surface area contributed by atoms with Crippen molar-refractivity contribution in [2.24, 2.45) is 0 Å². The summed E-state index contributed by atoms with van der Waals surface area (Å²) in [5.74, 6) is -0.629. The molecule has 0 fully saturated rings. The van der Waals surface area contributed by atoms with Crippen molar-refractivity contribution in [1.82, 2.24) is 0 Å². The summed E-state index contributed by atoms with van der Waals surface area (Å²) in [5, 5.41) is 9.50. The van der Waals surface area contributed by atoms with Gasteiger partial charge in [-0.3, -0.25) is 9.59 Å². The third-order valence-corrected chi connectivity index (χ3v) is 9.02. The number of hydrogen-bond donors (Lipinski definition) is 1. The first-order valence-corrected chi connectivity index (χ1v) is 22.6. The van der Waals surface area contributed by atoms with Crippen molar-refractivity contribution in [2.75, 3.05) is 13.2 Å². The molecule has 0 rings (SSSR count). The normalized spacial score (nSPS) is 13.4. The maximum absolute atomic E-state index is 12.1. The van der Waals surface area contributed by atoms with Gasteiger partial charge in [-0.05, 0) is 89.9 Å². The predicted octanol–water partition coefficient (Wildman–Crippen LogP) is 14.8. The van der Waals surface area contributed by atoms with Crippen molar-refractivity contribution in [1.29, 1.82) is 0 Å². The van der Waals surface area contributed by atoms with Gasteiger partial charge >= 0.3 is 11.9 Å². The standard InChI is InChI=1S/C52H82O5/c1-3-5-7-9-11-12-13-14-15-16-17-18-19-20-21-22-23-24-25-26-27-28-29-30-31-32-33-34-35-36-37-38-39-40-41-43-45-47-52(55)57-50(48-53)49-56-51(54)46-44-42-10-8-6-4-2/h5,7,11-12,14-15,17-18,20-21,23-24,26-27,29-30,32-33,35-36,50,53H,3-4,6,8-10,13,16,19,22,25,28,31,34,37-49H2,1-2H3/b7-5-,12-11-,15-14-,18-17-,21-20-,24-23-,27-26-,30-29-,33-32-,36-35-. The Morgan fingerprint density at radius 2 is 0.754 bits per heavy atom. The van der Waals surface area contributed by atoms with Crippen molar-refractivity contribution in [3.05, 3.63) is 122 Å². The van der Waals surface area contributed by atoms with E-state index >= 15 is 0 Å². The lowest BCUT2D eigenvalue weighted by molar-refractivity contribution is -0.161. The Morgan fingerprint density at radius 1 is 0.421 bits per heavy atom. The topological polar surface area (TPSA) is 72.8 Å². The smallest absolute Gasteiger partial charge is 0.306 e. The van der Waals surface area contributed by atoms with Gasteiger partial charge in [-0.15, -0.1) is 0 Å². The van der Waals surface area contributed by atoms with Crippen LogP contribution in [-0.2, 0) is 19.1 Å². The van der Waals surface area contributed by atoms with E-state index in [2.05, 4.69) is 135 Å². The lowest BCUT2D eigenvalue weighted by Crippen LogP contribution is -2.28. The lowest BCUT2D eigenvalue weighted by atomic mass is 10.1. The van der Waals surface area contributed by atoms with Crippen LogP contribution in [0.15, 0.2) is 122 Å². The monoisotopic (exact) mass is 787 g/mol. The quantitative estimate of drug-likeness (QED) is 0.0382. The Morgan fingerprint density at radius 3 is 1.14 bits per heavy atom. The second-order valence-electron chi connectivity index (χ2n) is 14.4. The zero-order chi connectivity index (χ0) is 41.4. The van der Waals surface area contributed by atoms with E-state index in [1.165, 1.54) is 38.5 Å². The molecule has 0 aromatic carbocycles. The summed E-state index contributed by atoms with van der Waals surface area (Å²) in [4.78, 5) is 24.1. The molecule has 5 heteroatoms. The number of allylic oxidation sites excluding steroid dienone is 20. The zero-order valence-electron chi connectivity index (χ0n) is 36.3. The largest absolute Gasteiger partial charge is 0.462 e. The summed E-state index contributed by atoms with van der Waals surface area (Å²) in [6, 6.07) is 0. The Labute approximate surface area is 350 Å². The fourth-order valence-electron chi connectivity index (χ4n) is 5.64. The molecular formula is C52H82O5. The minimum Gasteiger partial charge on any atom is -0.462 e. The van der Waals surface area contributed by atoms with E-state index in [0.29, 0.717) is 12.8 Å². The van der Waals surface area contributed by atoms with Gasteiger partial charge in [-0.2, -0.15) is 0 Å². The summed E-state index contributed by atoms with van der Waals surface area (Å²) in [6.45, 7) is 3.92. The molecule has 57 heavy (non-hydrogen) atoms. The van der Waals surface area contributed by atoms with Crippen molar-refractivity contribution in [3.8, 4) is 0 Å². The van der Waals surface area contributed by atoms with Crippen LogP contribution in [0.1, 0.15) is 174 Å². The minimum atomic E-state index is -0.782. The fraction of sp³-hybridized carbons (Fsp3) is 0.577. The highest BCUT2D eigenvalue weighted by Crippen LogP contribution is 2.11. The van der Waals surface area contributed by atoms with Gasteiger partial charge in [0.15, 0.2) is 6.10 Å². The van der Waals surface area contributed by atoms with Crippen molar-refractivity contribution >= 4 is 11.9 Å². The third-order valence-electron chi connectivity index (χ3n) is 9.02. The highest BCUT2D eigenvalue weighted by atomic mass is 16.6. The van der Waals surface area contributed by atoms with Crippen LogP contribution in [0, 0.1) is 0 Å². The number of carbonyl (C=O) groups excluding carboxylic acids is 2. The Hall–Kier alpha value is -3.70. The van der Waals surface area contributed by atoms with Crippen LogP contribution < -0.4 is 0 Å². The highest BCUT2D eigenvalue weighted by Gasteiger charge is 2.16. The number of hydrogen-bond acceptors (Lipinski definition) is 5. The van der Waals surface area contributed by atoms with Crippen LogP contribution in [0.25, 0.3) is 0 Å². The predicted molar refractivity (Wildman–Crippen MR) is 246 cm³/mol. The van der Waals surface area contributed by atoms with Gasteiger partial charge in [-0.1, -0.05) is 193 Å². The van der Waals surface area contributed by atoms with Crippen molar-refractivity contribution in [3.63, 3.8) is 0 Å². The van der Waals surface area contributed by atoms with E-state index < -0.39 is 6.10 Å². The van der Waals surface area contributed by atoms with Crippen LogP contribution >= 0.6 is 0 Å². The molecule has 0 aliphatic rings. The van der Waals surface area contributed by atoms with Gasteiger partial charge in [0.2, 0.25) is 0 Å². The minimum absolute atomic E-state index is 0.0786. The van der Waals surface area contributed by atoms with E-state index in [4.69, 9.17) is 9.47 Å². The van der Waals surface area contributed by atoms with E-state index in [9.17, 15) is 14.7 Å². The SMILES string of the molecule is CC/C=C\C/C=C\C/C=C\C/C=C\C/C=C\C/C=C\C/C=C\C/C=C\C/C=C\C/C=C\CCCCCCCCC(=O)OC(CO)COC(=O)CCCCCCCC.